The fourth-order valence-corrected chi connectivity index (χ4v) is 3.09. The molecule has 0 aliphatic carbocycles. The van der Waals surface area contributed by atoms with Gasteiger partial charge in [-0.05, 0) is 0 Å². The van der Waals surface area contributed by atoms with Crippen molar-refractivity contribution >= 4 is 21.9 Å². The molecule has 8 nitrogen and oxygen atoms in total. The van der Waals surface area contributed by atoms with Crippen molar-refractivity contribution in [1.29, 1.82) is 0 Å². The first-order valence-electron chi connectivity index (χ1n) is 7.79. The van der Waals surface area contributed by atoms with E-state index in [0.29, 0.717) is 0 Å². The Bertz CT molecular complexity index is 1230. The van der Waals surface area contributed by atoms with Gasteiger partial charge >= 0.3 is 0 Å². The molecule has 0 fully saturated rings. The Labute approximate surface area is 149 Å². The highest BCUT2D eigenvalue weighted by Crippen LogP contribution is 2.39. The molecule has 0 saturated heterocycles. The highest BCUT2D eigenvalue weighted by Gasteiger charge is 2.21. The highest BCUT2D eigenvalue weighted by molar-refractivity contribution is 5.91. The molecular formula is C19H12O8. The van der Waals surface area contributed by atoms with Crippen LogP contribution in [0.25, 0.3) is 21.9 Å². The van der Waals surface area contributed by atoms with Crippen molar-refractivity contribution in [3.8, 4) is 23.0 Å². The van der Waals surface area contributed by atoms with Crippen LogP contribution in [0.15, 0.2) is 55.2 Å². The summed E-state index contributed by atoms with van der Waals surface area (Å²) in [5.74, 6) is -1.67. The zero-order valence-electron chi connectivity index (χ0n) is 13.6. The highest BCUT2D eigenvalue weighted by atomic mass is 16.3. The van der Waals surface area contributed by atoms with Crippen molar-refractivity contribution in [2.45, 2.75) is 6.42 Å². The second kappa shape index (κ2) is 5.80. The van der Waals surface area contributed by atoms with Crippen LogP contribution in [-0.2, 0) is 6.42 Å². The maximum Gasteiger partial charge on any atom is 0.196 e. The number of hydrogen-bond donors (Lipinski definition) is 4. The minimum Gasteiger partial charge on any atom is -0.507 e. The van der Waals surface area contributed by atoms with Gasteiger partial charge in [0.2, 0.25) is 0 Å². The minimum absolute atomic E-state index is 0.0705. The van der Waals surface area contributed by atoms with Gasteiger partial charge in [0.15, 0.2) is 10.9 Å². The maximum atomic E-state index is 12.0. The molecule has 0 atom stereocenters. The summed E-state index contributed by atoms with van der Waals surface area (Å²) in [7, 11) is 0. The Balaban J connectivity index is 2.05. The van der Waals surface area contributed by atoms with E-state index < -0.39 is 22.4 Å². The van der Waals surface area contributed by atoms with Gasteiger partial charge < -0.3 is 29.3 Å². The molecule has 4 aromatic rings. The van der Waals surface area contributed by atoms with Crippen molar-refractivity contribution in [3.63, 3.8) is 0 Å². The Morgan fingerprint density at radius 2 is 1.07 bits per heavy atom. The lowest BCUT2D eigenvalue weighted by atomic mass is 9.98. The van der Waals surface area contributed by atoms with Crippen molar-refractivity contribution < 1.29 is 29.3 Å². The van der Waals surface area contributed by atoms with E-state index in [1.165, 1.54) is 0 Å². The first-order chi connectivity index (χ1) is 12.9. The molecule has 8 heteroatoms. The molecule has 2 aromatic carbocycles. The molecule has 27 heavy (non-hydrogen) atoms. The van der Waals surface area contributed by atoms with E-state index in [-0.39, 0.29) is 51.0 Å². The van der Waals surface area contributed by atoms with Gasteiger partial charge in [-0.1, -0.05) is 0 Å². The summed E-state index contributed by atoms with van der Waals surface area (Å²) in [6, 6.07) is 4.22. The quantitative estimate of drug-likeness (QED) is 0.422. The molecule has 0 aliphatic heterocycles. The lowest BCUT2D eigenvalue weighted by Gasteiger charge is -2.12. The number of phenolic OH excluding ortho intramolecular Hbond substituents is 4. The average molecular weight is 368 g/mol. The summed E-state index contributed by atoms with van der Waals surface area (Å²) < 4.78 is 10.6. The van der Waals surface area contributed by atoms with Crippen LogP contribution in [0.3, 0.4) is 0 Å². The maximum absolute atomic E-state index is 12.0. The van der Waals surface area contributed by atoms with Crippen molar-refractivity contribution in [2.75, 3.05) is 0 Å². The van der Waals surface area contributed by atoms with Crippen LogP contribution < -0.4 is 10.9 Å². The van der Waals surface area contributed by atoms with Gasteiger partial charge in [0.25, 0.3) is 0 Å². The summed E-state index contributed by atoms with van der Waals surface area (Å²) in [6.07, 6.45) is 2.02. The smallest absolute Gasteiger partial charge is 0.196 e. The Hall–Kier alpha value is -3.94. The first-order valence-corrected chi connectivity index (χ1v) is 7.79. The number of rotatable bonds is 2. The van der Waals surface area contributed by atoms with Gasteiger partial charge in [0.05, 0.1) is 12.5 Å². The summed E-state index contributed by atoms with van der Waals surface area (Å²) in [4.78, 5) is 24.1. The SMILES string of the molecule is O=c1ccoc2c(Cc3c(O)cc(O)c4c(=O)ccoc34)c(O)cc(O)c12. The monoisotopic (exact) mass is 368 g/mol. The second-order valence-electron chi connectivity index (χ2n) is 5.94. The summed E-state index contributed by atoms with van der Waals surface area (Å²) >= 11 is 0. The molecule has 0 saturated carbocycles. The van der Waals surface area contributed by atoms with E-state index in [1.807, 2.05) is 0 Å². The van der Waals surface area contributed by atoms with Crippen molar-refractivity contribution in [2.24, 2.45) is 0 Å². The fourth-order valence-electron chi connectivity index (χ4n) is 3.09. The molecule has 0 radical (unpaired) electrons. The standard InChI is InChI=1S/C19H12O8/c20-10-1-3-26-18-8(12(22)6-14(24)16(10)18)5-9-13(23)7-15(25)17-11(21)2-4-27-19(9)17/h1-4,6-7,22-25H,5H2. The van der Waals surface area contributed by atoms with Crippen LogP contribution in [-0.4, -0.2) is 20.4 Å². The summed E-state index contributed by atoms with van der Waals surface area (Å²) in [5.41, 5.74) is -0.982. The van der Waals surface area contributed by atoms with E-state index in [0.717, 1.165) is 36.8 Å². The van der Waals surface area contributed by atoms with Crippen molar-refractivity contribution in [1.82, 2.24) is 0 Å². The third-order valence-electron chi connectivity index (χ3n) is 4.34. The fraction of sp³-hybridized carbons (Fsp3) is 0.0526. The third kappa shape index (κ3) is 2.46. The van der Waals surface area contributed by atoms with Gasteiger partial charge in [-0.15, -0.1) is 0 Å². The number of hydrogen-bond acceptors (Lipinski definition) is 8. The zero-order valence-corrected chi connectivity index (χ0v) is 13.6. The Kier molecular flexibility index (Phi) is 3.55. The first kappa shape index (κ1) is 16.5. The topological polar surface area (TPSA) is 141 Å². The number of benzene rings is 2. The average Bonchev–Trinajstić information content (AvgIpc) is 2.60. The predicted octanol–water partition coefficient (Wildman–Crippen LogP) is 2.31. The van der Waals surface area contributed by atoms with Gasteiger partial charge in [-0.3, -0.25) is 9.59 Å². The normalized spacial score (nSPS) is 11.3. The number of phenols is 4. The van der Waals surface area contributed by atoms with Crippen LogP contribution in [0.2, 0.25) is 0 Å². The molecule has 136 valence electrons. The molecule has 0 bridgehead atoms. The van der Waals surface area contributed by atoms with Crippen LogP contribution in [0.5, 0.6) is 23.0 Å². The van der Waals surface area contributed by atoms with Crippen LogP contribution in [0, 0.1) is 0 Å². The molecule has 0 amide bonds. The molecule has 0 aliphatic rings. The minimum atomic E-state index is -0.513. The molecule has 0 unspecified atom stereocenters. The largest absolute Gasteiger partial charge is 0.507 e. The van der Waals surface area contributed by atoms with E-state index in [1.54, 1.807) is 0 Å². The van der Waals surface area contributed by atoms with Crippen LogP contribution in [0.4, 0.5) is 0 Å². The Morgan fingerprint density at radius 3 is 1.48 bits per heavy atom. The van der Waals surface area contributed by atoms with Gasteiger partial charge in [0, 0.05) is 41.8 Å². The van der Waals surface area contributed by atoms with E-state index in [2.05, 4.69) is 0 Å². The zero-order chi connectivity index (χ0) is 19.3. The van der Waals surface area contributed by atoms with Gasteiger partial charge in [-0.2, -0.15) is 0 Å². The van der Waals surface area contributed by atoms with Crippen LogP contribution >= 0.6 is 0 Å². The summed E-state index contributed by atoms with van der Waals surface area (Å²) in [5, 5.41) is 40.2. The molecule has 4 N–H and O–H groups in total. The third-order valence-corrected chi connectivity index (χ3v) is 4.34. The molecular weight excluding hydrogens is 356 g/mol. The molecule has 2 heterocycles. The van der Waals surface area contributed by atoms with Gasteiger partial charge in [0.1, 0.15) is 44.9 Å². The second-order valence-corrected chi connectivity index (χ2v) is 5.94. The van der Waals surface area contributed by atoms with Crippen LogP contribution in [0.1, 0.15) is 11.1 Å². The number of fused-ring (bicyclic) bond motifs is 2. The lowest BCUT2D eigenvalue weighted by Crippen LogP contribution is -2.04. The van der Waals surface area contributed by atoms with Gasteiger partial charge in [-0.25, -0.2) is 0 Å². The number of aromatic hydroxyl groups is 4. The molecule has 4 rings (SSSR count). The van der Waals surface area contributed by atoms with E-state index in [4.69, 9.17) is 8.83 Å². The summed E-state index contributed by atoms with van der Waals surface area (Å²) in [6.45, 7) is 0. The molecule has 0 spiro atoms. The predicted molar refractivity (Wildman–Crippen MR) is 94.4 cm³/mol. The van der Waals surface area contributed by atoms with E-state index in [9.17, 15) is 30.0 Å². The Morgan fingerprint density at radius 1 is 0.667 bits per heavy atom. The molecule has 2 aromatic heterocycles. The van der Waals surface area contributed by atoms with E-state index >= 15 is 0 Å². The lowest BCUT2D eigenvalue weighted by molar-refractivity contribution is 0.443. The van der Waals surface area contributed by atoms with Crippen molar-refractivity contribution in [3.05, 3.63) is 68.4 Å².